The molecule has 3 saturated heterocycles. The Hall–Kier alpha value is -1.14. The molecule has 6 heteroatoms. The first-order chi connectivity index (χ1) is 11.1. The molecule has 1 atom stereocenters. The van der Waals surface area contributed by atoms with Crippen molar-refractivity contribution in [2.75, 3.05) is 59.5 Å². The van der Waals surface area contributed by atoms with Gasteiger partial charge in [0.1, 0.15) is 5.92 Å². The Kier molecular flexibility index (Phi) is 5.54. The molecule has 0 saturated carbocycles. The predicted molar refractivity (Wildman–Crippen MR) is 86.9 cm³/mol. The summed E-state index contributed by atoms with van der Waals surface area (Å²) >= 11 is 0. The minimum Gasteiger partial charge on any atom is -0.379 e. The summed E-state index contributed by atoms with van der Waals surface area (Å²) in [6.45, 7) is 7.32. The third kappa shape index (κ3) is 4.04. The molecular formula is C17H29N3O3. The van der Waals surface area contributed by atoms with Crippen LogP contribution in [-0.4, -0.2) is 86.0 Å². The van der Waals surface area contributed by atoms with E-state index in [9.17, 15) is 9.59 Å². The van der Waals surface area contributed by atoms with Gasteiger partial charge in [-0.2, -0.15) is 0 Å². The van der Waals surface area contributed by atoms with Crippen molar-refractivity contribution >= 4 is 11.8 Å². The van der Waals surface area contributed by atoms with Crippen LogP contribution in [0.3, 0.4) is 0 Å². The molecule has 6 nitrogen and oxygen atoms in total. The van der Waals surface area contributed by atoms with Gasteiger partial charge < -0.3 is 14.5 Å². The summed E-state index contributed by atoms with van der Waals surface area (Å²) in [6.07, 6.45) is 4.05. The molecule has 0 spiro atoms. The molecule has 3 heterocycles. The standard InChI is InChI=1S/C17H29N3O3/c1-18-6-5-15(16(18)21)17(22)20-8-3-14(4-9-20)2-7-19-10-12-23-13-11-19/h14-15H,2-13H2,1H3/t15-/m1/s1. The van der Waals surface area contributed by atoms with Crippen LogP contribution in [0.5, 0.6) is 0 Å². The van der Waals surface area contributed by atoms with Crippen LogP contribution in [0.1, 0.15) is 25.7 Å². The lowest BCUT2D eigenvalue weighted by Gasteiger charge is -2.34. The smallest absolute Gasteiger partial charge is 0.235 e. The van der Waals surface area contributed by atoms with Gasteiger partial charge in [0.25, 0.3) is 0 Å². The van der Waals surface area contributed by atoms with Crippen LogP contribution in [0.4, 0.5) is 0 Å². The Morgan fingerprint density at radius 2 is 1.78 bits per heavy atom. The zero-order valence-corrected chi connectivity index (χ0v) is 14.2. The topological polar surface area (TPSA) is 53.1 Å². The Morgan fingerprint density at radius 3 is 2.39 bits per heavy atom. The Labute approximate surface area is 138 Å². The van der Waals surface area contributed by atoms with Crippen LogP contribution in [0.15, 0.2) is 0 Å². The highest BCUT2D eigenvalue weighted by atomic mass is 16.5. The van der Waals surface area contributed by atoms with Crippen molar-refractivity contribution in [3.8, 4) is 0 Å². The fourth-order valence-corrected chi connectivity index (χ4v) is 3.90. The second-order valence-corrected chi connectivity index (χ2v) is 7.11. The fraction of sp³-hybridized carbons (Fsp3) is 0.882. The third-order valence-electron chi connectivity index (χ3n) is 5.61. The molecule has 0 N–H and O–H groups in total. The molecular weight excluding hydrogens is 294 g/mol. The lowest BCUT2D eigenvalue weighted by molar-refractivity contribution is -0.143. The van der Waals surface area contributed by atoms with Crippen molar-refractivity contribution in [3.63, 3.8) is 0 Å². The van der Waals surface area contributed by atoms with E-state index in [1.165, 1.54) is 6.42 Å². The SMILES string of the molecule is CN1CC[C@@H](C(=O)N2CCC(CCN3CCOCC3)CC2)C1=O. The molecule has 3 aliphatic rings. The van der Waals surface area contributed by atoms with E-state index >= 15 is 0 Å². The van der Waals surface area contributed by atoms with Crippen molar-refractivity contribution in [2.24, 2.45) is 11.8 Å². The van der Waals surface area contributed by atoms with Gasteiger partial charge in [0.05, 0.1) is 13.2 Å². The molecule has 3 fully saturated rings. The van der Waals surface area contributed by atoms with E-state index in [1.54, 1.807) is 11.9 Å². The number of piperidine rings is 1. The predicted octanol–water partition coefficient (Wildman–Crippen LogP) is 0.426. The molecule has 0 radical (unpaired) electrons. The molecule has 0 aromatic carbocycles. The van der Waals surface area contributed by atoms with Gasteiger partial charge in [-0.05, 0) is 38.1 Å². The van der Waals surface area contributed by atoms with Gasteiger partial charge >= 0.3 is 0 Å². The van der Waals surface area contributed by atoms with Crippen molar-refractivity contribution in [3.05, 3.63) is 0 Å². The zero-order valence-electron chi connectivity index (χ0n) is 14.2. The average Bonchev–Trinajstić information content (AvgIpc) is 2.93. The number of nitrogens with zero attached hydrogens (tertiary/aromatic N) is 3. The van der Waals surface area contributed by atoms with E-state index in [-0.39, 0.29) is 11.8 Å². The first-order valence-electron chi connectivity index (χ1n) is 8.99. The first-order valence-corrected chi connectivity index (χ1v) is 8.99. The van der Waals surface area contributed by atoms with Gasteiger partial charge in [-0.1, -0.05) is 0 Å². The van der Waals surface area contributed by atoms with E-state index < -0.39 is 5.92 Å². The molecule has 3 rings (SSSR count). The minimum atomic E-state index is -0.412. The highest BCUT2D eigenvalue weighted by Gasteiger charge is 2.38. The van der Waals surface area contributed by atoms with Gasteiger partial charge in [0.15, 0.2) is 0 Å². The van der Waals surface area contributed by atoms with Crippen LogP contribution < -0.4 is 0 Å². The molecule has 23 heavy (non-hydrogen) atoms. The Morgan fingerprint density at radius 1 is 1.09 bits per heavy atom. The summed E-state index contributed by atoms with van der Waals surface area (Å²) in [4.78, 5) is 30.6. The van der Waals surface area contributed by atoms with Crippen molar-refractivity contribution in [1.29, 1.82) is 0 Å². The fourth-order valence-electron chi connectivity index (χ4n) is 3.90. The Bertz CT molecular complexity index is 429. The van der Waals surface area contributed by atoms with E-state index in [2.05, 4.69) is 4.90 Å². The van der Waals surface area contributed by atoms with E-state index in [0.717, 1.165) is 58.8 Å². The van der Waals surface area contributed by atoms with Gasteiger partial charge in [0, 0.05) is 39.8 Å². The average molecular weight is 323 g/mol. The van der Waals surface area contributed by atoms with E-state index in [1.807, 2.05) is 4.90 Å². The highest BCUT2D eigenvalue weighted by molar-refractivity contribution is 6.01. The summed E-state index contributed by atoms with van der Waals surface area (Å²) in [7, 11) is 1.79. The second-order valence-electron chi connectivity index (χ2n) is 7.11. The van der Waals surface area contributed by atoms with Gasteiger partial charge in [-0.15, -0.1) is 0 Å². The number of rotatable bonds is 4. The lowest BCUT2D eigenvalue weighted by atomic mass is 9.92. The molecule has 2 amide bonds. The van der Waals surface area contributed by atoms with Crippen molar-refractivity contribution in [1.82, 2.24) is 14.7 Å². The summed E-state index contributed by atoms with van der Waals surface area (Å²) < 4.78 is 5.38. The minimum absolute atomic E-state index is 0.00411. The first kappa shape index (κ1) is 16.7. The van der Waals surface area contributed by atoms with E-state index in [0.29, 0.717) is 18.9 Å². The van der Waals surface area contributed by atoms with Gasteiger partial charge in [0.2, 0.25) is 11.8 Å². The quantitative estimate of drug-likeness (QED) is 0.704. The number of amides is 2. The maximum atomic E-state index is 12.5. The highest BCUT2D eigenvalue weighted by Crippen LogP contribution is 2.25. The summed E-state index contributed by atoms with van der Waals surface area (Å²) in [6, 6.07) is 0. The molecule has 3 aliphatic heterocycles. The summed E-state index contributed by atoms with van der Waals surface area (Å²) in [5.41, 5.74) is 0. The van der Waals surface area contributed by atoms with Gasteiger partial charge in [-0.3, -0.25) is 14.5 Å². The Balaban J connectivity index is 1.39. The van der Waals surface area contributed by atoms with Crippen LogP contribution in [0.2, 0.25) is 0 Å². The number of morpholine rings is 1. The molecule has 0 aromatic rings. The van der Waals surface area contributed by atoms with Crippen LogP contribution in [0, 0.1) is 11.8 Å². The van der Waals surface area contributed by atoms with Crippen LogP contribution in [-0.2, 0) is 14.3 Å². The number of hydrogen-bond donors (Lipinski definition) is 0. The number of likely N-dealkylation sites (tertiary alicyclic amines) is 2. The van der Waals surface area contributed by atoms with E-state index in [4.69, 9.17) is 4.74 Å². The van der Waals surface area contributed by atoms with Crippen molar-refractivity contribution < 1.29 is 14.3 Å². The number of carbonyl (C=O) groups is 2. The maximum Gasteiger partial charge on any atom is 0.235 e. The molecule has 130 valence electrons. The summed E-state index contributed by atoms with van der Waals surface area (Å²) in [5, 5.41) is 0. The normalized spacial score (nSPS) is 27.7. The number of ether oxygens (including phenoxy) is 1. The monoisotopic (exact) mass is 323 g/mol. The van der Waals surface area contributed by atoms with Crippen LogP contribution in [0.25, 0.3) is 0 Å². The second kappa shape index (κ2) is 7.62. The molecule has 0 bridgehead atoms. The molecule has 0 aliphatic carbocycles. The zero-order chi connectivity index (χ0) is 16.2. The largest absolute Gasteiger partial charge is 0.379 e. The summed E-state index contributed by atoms with van der Waals surface area (Å²) in [5.74, 6) is 0.365. The van der Waals surface area contributed by atoms with Gasteiger partial charge in [-0.25, -0.2) is 0 Å². The van der Waals surface area contributed by atoms with Crippen LogP contribution >= 0.6 is 0 Å². The third-order valence-corrected chi connectivity index (χ3v) is 5.61. The number of carbonyl (C=O) groups excluding carboxylic acids is 2. The lowest BCUT2D eigenvalue weighted by Crippen LogP contribution is -2.44. The molecule has 0 unspecified atom stereocenters. The van der Waals surface area contributed by atoms with Crippen molar-refractivity contribution in [2.45, 2.75) is 25.7 Å². The number of hydrogen-bond acceptors (Lipinski definition) is 4. The molecule has 0 aromatic heterocycles. The maximum absolute atomic E-state index is 12.5.